The number of carbonyl (C=O) groups excluding carboxylic acids is 1. The molecule has 8 heteroatoms. The molecule has 4 nitrogen and oxygen atoms in total. The average Bonchev–Trinajstić information content (AvgIpc) is 2.56. The van der Waals surface area contributed by atoms with E-state index in [1.54, 1.807) is 12.1 Å². The maximum absolute atomic E-state index is 12.1. The van der Waals surface area contributed by atoms with Crippen molar-refractivity contribution < 1.29 is 22.7 Å². The number of alkyl halides is 3. The van der Waals surface area contributed by atoms with Gasteiger partial charge in [-0.05, 0) is 61.9 Å². The number of piperidine rings is 1. The highest BCUT2D eigenvalue weighted by Gasteiger charge is 2.30. The monoisotopic (exact) mass is 394 g/mol. The molecule has 1 saturated heterocycles. The van der Waals surface area contributed by atoms with Gasteiger partial charge in [-0.15, -0.1) is 25.6 Å². The van der Waals surface area contributed by atoms with Gasteiger partial charge in [0, 0.05) is 13.0 Å². The summed E-state index contributed by atoms with van der Waals surface area (Å²) < 4.78 is 40.1. The number of carbonyl (C=O) groups is 1. The van der Waals surface area contributed by atoms with Gasteiger partial charge in [0.2, 0.25) is 5.91 Å². The summed E-state index contributed by atoms with van der Waals surface area (Å²) in [5.74, 6) is 0.664. The molecule has 1 aliphatic heterocycles. The fourth-order valence-electron chi connectivity index (χ4n) is 3.10. The summed E-state index contributed by atoms with van der Waals surface area (Å²) in [7, 11) is 0. The third-order valence-electron chi connectivity index (χ3n) is 4.54. The van der Waals surface area contributed by atoms with Gasteiger partial charge < -0.3 is 15.4 Å². The van der Waals surface area contributed by atoms with Crippen LogP contribution in [0.1, 0.15) is 31.7 Å². The molecule has 2 rings (SSSR count). The van der Waals surface area contributed by atoms with E-state index < -0.39 is 6.36 Å². The molecule has 0 bridgehead atoms. The predicted octanol–water partition coefficient (Wildman–Crippen LogP) is 3.69. The Morgan fingerprint density at radius 1 is 1.35 bits per heavy atom. The lowest BCUT2D eigenvalue weighted by atomic mass is 9.85. The summed E-state index contributed by atoms with van der Waals surface area (Å²) in [5, 5.41) is 6.24. The lowest BCUT2D eigenvalue weighted by Crippen LogP contribution is -2.36. The fraction of sp³-hybridized carbons (Fsp3) is 0.611. The summed E-state index contributed by atoms with van der Waals surface area (Å²) >= 11 is 0. The number of nitrogens with one attached hydrogen (secondary N) is 2. The molecule has 2 atom stereocenters. The van der Waals surface area contributed by atoms with Crippen molar-refractivity contribution in [3.63, 3.8) is 0 Å². The third kappa shape index (κ3) is 8.27. The lowest BCUT2D eigenvalue weighted by Gasteiger charge is -2.28. The summed E-state index contributed by atoms with van der Waals surface area (Å²) in [6, 6.07) is 5.71. The largest absolute Gasteiger partial charge is 0.573 e. The number of ether oxygens (including phenoxy) is 1. The lowest BCUT2D eigenvalue weighted by molar-refractivity contribution is -0.274. The summed E-state index contributed by atoms with van der Waals surface area (Å²) in [6.45, 7) is 4.60. The van der Waals surface area contributed by atoms with Gasteiger partial charge in [-0.25, -0.2) is 0 Å². The topological polar surface area (TPSA) is 50.4 Å². The van der Waals surface area contributed by atoms with Gasteiger partial charge >= 0.3 is 6.36 Å². The molecule has 1 heterocycles. The molecule has 0 aromatic heterocycles. The van der Waals surface area contributed by atoms with Gasteiger partial charge in [-0.3, -0.25) is 4.79 Å². The van der Waals surface area contributed by atoms with Crippen LogP contribution < -0.4 is 15.4 Å². The summed E-state index contributed by atoms with van der Waals surface area (Å²) in [6.07, 6.45) is -1.29. The molecule has 148 valence electrons. The second kappa shape index (κ2) is 10.6. The number of amides is 1. The Kier molecular flexibility index (Phi) is 9.22. The van der Waals surface area contributed by atoms with Gasteiger partial charge in [-0.1, -0.05) is 19.1 Å². The molecule has 1 aromatic rings. The highest BCUT2D eigenvalue weighted by atomic mass is 35.5. The van der Waals surface area contributed by atoms with Crippen molar-refractivity contribution >= 4 is 18.3 Å². The average molecular weight is 395 g/mol. The van der Waals surface area contributed by atoms with Crippen LogP contribution in [0.3, 0.4) is 0 Å². The number of hydrogen-bond donors (Lipinski definition) is 2. The molecular weight excluding hydrogens is 369 g/mol. The Labute approximate surface area is 158 Å². The Morgan fingerprint density at radius 3 is 2.62 bits per heavy atom. The molecule has 0 aliphatic carbocycles. The highest BCUT2D eigenvalue weighted by Crippen LogP contribution is 2.23. The number of rotatable bonds is 7. The van der Waals surface area contributed by atoms with E-state index in [2.05, 4.69) is 22.3 Å². The van der Waals surface area contributed by atoms with E-state index in [1.165, 1.54) is 12.1 Å². The molecule has 0 saturated carbocycles. The predicted molar refractivity (Wildman–Crippen MR) is 96.5 cm³/mol. The zero-order chi connectivity index (χ0) is 18.3. The van der Waals surface area contributed by atoms with E-state index in [4.69, 9.17) is 0 Å². The Balaban J connectivity index is 0.00000338. The van der Waals surface area contributed by atoms with Crippen LogP contribution in [0.4, 0.5) is 13.2 Å². The standard InChI is InChI=1S/C18H25F3N2O2.ClH/c1-13(15-3-2-9-22-12-15)11-17(24)23-10-8-14-4-6-16(7-5-14)25-18(19,20)21;/h4-7,13,15,22H,2-3,8-12H2,1H3,(H,23,24);1H. The van der Waals surface area contributed by atoms with Crippen molar-refractivity contribution in [2.75, 3.05) is 19.6 Å². The maximum Gasteiger partial charge on any atom is 0.573 e. The first-order valence-corrected chi connectivity index (χ1v) is 8.65. The highest BCUT2D eigenvalue weighted by molar-refractivity contribution is 5.85. The van der Waals surface area contributed by atoms with Crippen LogP contribution in [0.5, 0.6) is 5.75 Å². The van der Waals surface area contributed by atoms with Gasteiger partial charge in [0.25, 0.3) is 0 Å². The molecule has 26 heavy (non-hydrogen) atoms. The zero-order valence-corrected chi connectivity index (χ0v) is 15.6. The van der Waals surface area contributed by atoms with Crippen LogP contribution in [0, 0.1) is 11.8 Å². The van der Waals surface area contributed by atoms with Crippen LogP contribution in [0.2, 0.25) is 0 Å². The van der Waals surface area contributed by atoms with Gasteiger partial charge in [-0.2, -0.15) is 0 Å². The van der Waals surface area contributed by atoms with E-state index >= 15 is 0 Å². The van der Waals surface area contributed by atoms with E-state index in [0.717, 1.165) is 31.5 Å². The molecule has 2 N–H and O–H groups in total. The smallest absolute Gasteiger partial charge is 0.406 e. The van der Waals surface area contributed by atoms with E-state index in [9.17, 15) is 18.0 Å². The molecule has 1 amide bonds. The van der Waals surface area contributed by atoms with Crippen molar-refractivity contribution in [2.45, 2.75) is 39.0 Å². The van der Waals surface area contributed by atoms with Crippen molar-refractivity contribution in [1.29, 1.82) is 0 Å². The van der Waals surface area contributed by atoms with Gasteiger partial charge in [0.05, 0.1) is 0 Å². The Hall–Kier alpha value is -1.47. The Bertz CT molecular complexity index is 546. The second-order valence-corrected chi connectivity index (χ2v) is 6.58. The van der Waals surface area contributed by atoms with E-state index in [0.29, 0.717) is 31.2 Å². The quantitative estimate of drug-likeness (QED) is 0.741. The van der Waals surface area contributed by atoms with Crippen LogP contribution in [-0.4, -0.2) is 31.9 Å². The summed E-state index contributed by atoms with van der Waals surface area (Å²) in [5.41, 5.74) is 0.847. The normalized spacial score (nSPS) is 18.5. The minimum Gasteiger partial charge on any atom is -0.406 e. The number of benzene rings is 1. The van der Waals surface area contributed by atoms with Crippen LogP contribution in [0.25, 0.3) is 0 Å². The molecule has 0 spiro atoms. The molecule has 2 unspecified atom stereocenters. The summed E-state index contributed by atoms with van der Waals surface area (Å²) in [4.78, 5) is 12.0. The van der Waals surface area contributed by atoms with Crippen LogP contribution in [0.15, 0.2) is 24.3 Å². The molecular formula is C18H26ClF3N2O2. The molecule has 1 aliphatic rings. The number of hydrogen-bond acceptors (Lipinski definition) is 3. The molecule has 1 aromatic carbocycles. The van der Waals surface area contributed by atoms with E-state index in [1.807, 2.05) is 0 Å². The van der Waals surface area contributed by atoms with Crippen LogP contribution >= 0.6 is 12.4 Å². The van der Waals surface area contributed by atoms with Crippen molar-refractivity contribution in [3.8, 4) is 5.75 Å². The first-order chi connectivity index (χ1) is 11.8. The number of halogens is 4. The fourth-order valence-corrected chi connectivity index (χ4v) is 3.10. The maximum atomic E-state index is 12.1. The molecule has 1 fully saturated rings. The molecule has 0 radical (unpaired) electrons. The van der Waals surface area contributed by atoms with Gasteiger partial charge in [0.1, 0.15) is 5.75 Å². The van der Waals surface area contributed by atoms with Gasteiger partial charge in [0.15, 0.2) is 0 Å². The zero-order valence-electron chi connectivity index (χ0n) is 14.8. The minimum absolute atomic E-state index is 0. The van der Waals surface area contributed by atoms with E-state index in [-0.39, 0.29) is 24.1 Å². The van der Waals surface area contributed by atoms with Crippen molar-refractivity contribution in [3.05, 3.63) is 29.8 Å². The Morgan fingerprint density at radius 2 is 2.04 bits per heavy atom. The van der Waals surface area contributed by atoms with Crippen molar-refractivity contribution in [2.24, 2.45) is 11.8 Å². The van der Waals surface area contributed by atoms with Crippen molar-refractivity contribution in [1.82, 2.24) is 10.6 Å². The minimum atomic E-state index is -4.68. The SMILES string of the molecule is CC(CC(=O)NCCc1ccc(OC(F)(F)F)cc1)C1CCCNC1.Cl. The second-order valence-electron chi connectivity index (χ2n) is 6.58. The van der Waals surface area contributed by atoms with Crippen LogP contribution in [-0.2, 0) is 11.2 Å². The third-order valence-corrected chi connectivity index (χ3v) is 4.54. The first-order valence-electron chi connectivity index (χ1n) is 8.65. The first kappa shape index (κ1) is 22.6.